The van der Waals surface area contributed by atoms with Crippen molar-refractivity contribution in [1.82, 2.24) is 4.98 Å². The Morgan fingerprint density at radius 3 is 2.73 bits per heavy atom. The van der Waals surface area contributed by atoms with Crippen molar-refractivity contribution in [2.45, 2.75) is 25.5 Å². The highest BCUT2D eigenvalue weighted by molar-refractivity contribution is 5.59. The van der Waals surface area contributed by atoms with Crippen molar-refractivity contribution >= 4 is 5.82 Å². The number of rotatable bonds is 2. The zero-order valence-electron chi connectivity index (χ0n) is 12.2. The average molecular weight is 297 g/mol. The van der Waals surface area contributed by atoms with Crippen molar-refractivity contribution in [3.05, 3.63) is 59.0 Å². The summed E-state index contributed by atoms with van der Waals surface area (Å²) in [5.41, 5.74) is 2.28. The van der Waals surface area contributed by atoms with E-state index < -0.39 is 6.10 Å². The first-order valence-electron chi connectivity index (χ1n) is 7.16. The molecule has 0 saturated carbocycles. The van der Waals surface area contributed by atoms with Crippen LogP contribution in [0.15, 0.2) is 36.5 Å². The topological polar surface area (TPSA) is 60.1 Å². The number of aromatic nitrogens is 1. The zero-order valence-corrected chi connectivity index (χ0v) is 12.2. The summed E-state index contributed by atoms with van der Waals surface area (Å²) in [6.07, 6.45) is 1.70. The van der Waals surface area contributed by atoms with Gasteiger partial charge in [-0.15, -0.1) is 0 Å². The lowest BCUT2D eigenvalue weighted by Crippen LogP contribution is -2.26. The first kappa shape index (κ1) is 14.5. The molecule has 1 aromatic carbocycles. The Morgan fingerprint density at radius 2 is 2.05 bits per heavy atom. The summed E-state index contributed by atoms with van der Waals surface area (Å²) in [7, 11) is 0. The van der Waals surface area contributed by atoms with E-state index >= 15 is 0 Å². The molecular weight excluding hydrogens is 281 g/mol. The summed E-state index contributed by atoms with van der Waals surface area (Å²) in [6, 6.07) is 10.1. The SMILES string of the molecule is Cc1ccnc(N2CC(O)CC2c2ccc(F)cc2)c1C#N. The fraction of sp³-hybridized carbons (Fsp3) is 0.294. The highest BCUT2D eigenvalue weighted by atomic mass is 19.1. The third-order valence-electron chi connectivity index (χ3n) is 4.06. The molecule has 5 heteroatoms. The van der Waals surface area contributed by atoms with Crippen LogP contribution in [-0.2, 0) is 0 Å². The molecule has 2 aromatic rings. The maximum Gasteiger partial charge on any atom is 0.147 e. The van der Waals surface area contributed by atoms with Gasteiger partial charge in [-0.05, 0) is 42.7 Å². The molecule has 2 unspecified atom stereocenters. The predicted molar refractivity (Wildman–Crippen MR) is 80.8 cm³/mol. The van der Waals surface area contributed by atoms with Crippen molar-refractivity contribution < 1.29 is 9.50 Å². The molecule has 2 heterocycles. The van der Waals surface area contributed by atoms with Gasteiger partial charge in [0.25, 0.3) is 0 Å². The lowest BCUT2D eigenvalue weighted by Gasteiger charge is -2.27. The third-order valence-corrected chi connectivity index (χ3v) is 4.06. The number of nitriles is 1. The van der Waals surface area contributed by atoms with Gasteiger partial charge in [-0.3, -0.25) is 0 Å². The molecule has 0 spiro atoms. The van der Waals surface area contributed by atoms with E-state index in [-0.39, 0.29) is 11.9 Å². The summed E-state index contributed by atoms with van der Waals surface area (Å²) in [5.74, 6) is 0.286. The number of anilines is 1. The second-order valence-corrected chi connectivity index (χ2v) is 5.55. The number of benzene rings is 1. The molecule has 1 fully saturated rings. The van der Waals surface area contributed by atoms with Gasteiger partial charge in [-0.1, -0.05) is 12.1 Å². The van der Waals surface area contributed by atoms with Crippen LogP contribution in [0.4, 0.5) is 10.2 Å². The first-order valence-corrected chi connectivity index (χ1v) is 7.16. The van der Waals surface area contributed by atoms with E-state index in [0.29, 0.717) is 24.3 Å². The standard InChI is InChI=1S/C17H16FN3O/c1-11-6-7-20-17(15(11)9-19)21-10-14(22)8-16(21)12-2-4-13(18)5-3-12/h2-7,14,16,22H,8,10H2,1H3. The molecule has 1 aliphatic rings. The van der Waals surface area contributed by atoms with Gasteiger partial charge in [0.2, 0.25) is 0 Å². The van der Waals surface area contributed by atoms with Crippen LogP contribution in [0.1, 0.15) is 29.2 Å². The van der Waals surface area contributed by atoms with Crippen LogP contribution in [0.5, 0.6) is 0 Å². The second kappa shape index (κ2) is 5.74. The Labute approximate surface area is 128 Å². The molecule has 1 N–H and O–H groups in total. The first-order chi connectivity index (χ1) is 10.6. The van der Waals surface area contributed by atoms with Crippen LogP contribution in [0.25, 0.3) is 0 Å². The Balaban J connectivity index is 2.03. The Hall–Kier alpha value is -2.45. The van der Waals surface area contributed by atoms with Gasteiger partial charge in [0, 0.05) is 12.7 Å². The van der Waals surface area contributed by atoms with E-state index in [0.717, 1.165) is 11.1 Å². The number of pyridine rings is 1. The minimum absolute atomic E-state index is 0.114. The zero-order chi connectivity index (χ0) is 15.7. The van der Waals surface area contributed by atoms with E-state index in [9.17, 15) is 14.8 Å². The summed E-state index contributed by atoms with van der Waals surface area (Å²) in [5, 5.41) is 19.4. The highest BCUT2D eigenvalue weighted by Gasteiger charge is 2.34. The summed E-state index contributed by atoms with van der Waals surface area (Å²) < 4.78 is 13.1. The van der Waals surface area contributed by atoms with E-state index in [1.165, 1.54) is 12.1 Å². The smallest absolute Gasteiger partial charge is 0.147 e. The molecule has 0 bridgehead atoms. The number of aliphatic hydroxyl groups is 1. The minimum atomic E-state index is -0.496. The quantitative estimate of drug-likeness (QED) is 0.926. The van der Waals surface area contributed by atoms with Crippen LogP contribution in [0.3, 0.4) is 0 Å². The minimum Gasteiger partial charge on any atom is -0.391 e. The van der Waals surface area contributed by atoms with Gasteiger partial charge in [0.15, 0.2) is 0 Å². The molecule has 0 radical (unpaired) electrons. The molecule has 1 aromatic heterocycles. The van der Waals surface area contributed by atoms with Gasteiger partial charge in [0.1, 0.15) is 17.7 Å². The number of aryl methyl sites for hydroxylation is 1. The van der Waals surface area contributed by atoms with Gasteiger partial charge < -0.3 is 10.0 Å². The molecule has 1 aliphatic heterocycles. The number of β-amino-alcohol motifs (C(OH)–C–C–N with tert-alkyl or cyclic N) is 1. The van der Waals surface area contributed by atoms with E-state index in [2.05, 4.69) is 11.1 Å². The molecule has 112 valence electrons. The van der Waals surface area contributed by atoms with Crippen LogP contribution < -0.4 is 4.90 Å². The van der Waals surface area contributed by atoms with Gasteiger partial charge in [0.05, 0.1) is 17.7 Å². The lowest BCUT2D eigenvalue weighted by molar-refractivity contribution is 0.194. The summed E-state index contributed by atoms with van der Waals surface area (Å²) in [4.78, 5) is 6.27. The van der Waals surface area contributed by atoms with Crippen LogP contribution in [0, 0.1) is 24.1 Å². The maximum atomic E-state index is 13.1. The van der Waals surface area contributed by atoms with Gasteiger partial charge in [-0.2, -0.15) is 5.26 Å². The van der Waals surface area contributed by atoms with Crippen molar-refractivity contribution in [3.8, 4) is 6.07 Å². The van der Waals surface area contributed by atoms with Crippen molar-refractivity contribution in [2.24, 2.45) is 0 Å². The maximum absolute atomic E-state index is 13.1. The molecule has 4 nitrogen and oxygen atoms in total. The van der Waals surface area contributed by atoms with Crippen molar-refractivity contribution in [2.75, 3.05) is 11.4 Å². The molecule has 22 heavy (non-hydrogen) atoms. The Morgan fingerprint density at radius 1 is 1.32 bits per heavy atom. The van der Waals surface area contributed by atoms with E-state index in [1.807, 2.05) is 11.8 Å². The Kier molecular flexibility index (Phi) is 3.78. The summed E-state index contributed by atoms with van der Waals surface area (Å²) >= 11 is 0. The predicted octanol–water partition coefficient (Wildman–Crippen LogP) is 2.71. The fourth-order valence-corrected chi connectivity index (χ4v) is 2.95. The molecule has 2 atom stereocenters. The number of nitrogens with zero attached hydrogens (tertiary/aromatic N) is 3. The third kappa shape index (κ3) is 2.53. The van der Waals surface area contributed by atoms with Crippen LogP contribution in [0.2, 0.25) is 0 Å². The fourth-order valence-electron chi connectivity index (χ4n) is 2.95. The number of aliphatic hydroxyl groups excluding tert-OH is 1. The van der Waals surface area contributed by atoms with Crippen molar-refractivity contribution in [3.63, 3.8) is 0 Å². The number of halogens is 1. The normalized spacial score (nSPS) is 20.9. The van der Waals surface area contributed by atoms with Gasteiger partial charge in [-0.25, -0.2) is 9.37 Å². The lowest BCUT2D eigenvalue weighted by atomic mass is 10.0. The molecule has 1 saturated heterocycles. The summed E-state index contributed by atoms with van der Waals surface area (Å²) in [6.45, 7) is 2.27. The molecular formula is C17H16FN3O. The van der Waals surface area contributed by atoms with E-state index in [1.54, 1.807) is 24.4 Å². The van der Waals surface area contributed by atoms with E-state index in [4.69, 9.17) is 0 Å². The van der Waals surface area contributed by atoms with Crippen molar-refractivity contribution in [1.29, 1.82) is 5.26 Å². The van der Waals surface area contributed by atoms with Gasteiger partial charge >= 0.3 is 0 Å². The number of hydrogen-bond acceptors (Lipinski definition) is 4. The largest absolute Gasteiger partial charge is 0.391 e. The second-order valence-electron chi connectivity index (χ2n) is 5.55. The highest BCUT2D eigenvalue weighted by Crippen LogP contribution is 2.37. The molecule has 0 amide bonds. The molecule has 0 aliphatic carbocycles. The molecule has 3 rings (SSSR count). The van der Waals surface area contributed by atoms with Crippen LogP contribution >= 0.6 is 0 Å². The Bertz CT molecular complexity index is 724. The number of hydrogen-bond donors (Lipinski definition) is 1. The van der Waals surface area contributed by atoms with Crippen LogP contribution in [-0.4, -0.2) is 22.7 Å². The monoisotopic (exact) mass is 297 g/mol. The average Bonchev–Trinajstić information content (AvgIpc) is 2.89.